The van der Waals surface area contributed by atoms with Crippen LogP contribution < -0.4 is 10.1 Å². The Kier molecular flexibility index (Phi) is 5.39. The van der Waals surface area contributed by atoms with Crippen LogP contribution in [0.1, 0.15) is 31.7 Å². The van der Waals surface area contributed by atoms with Gasteiger partial charge in [0.25, 0.3) is 0 Å². The molecule has 21 heavy (non-hydrogen) atoms. The van der Waals surface area contributed by atoms with Crippen molar-refractivity contribution < 1.29 is 4.74 Å². The fourth-order valence-corrected chi connectivity index (χ4v) is 1.99. The molecule has 1 N–H and O–H groups in total. The van der Waals surface area contributed by atoms with Crippen LogP contribution in [0.15, 0.2) is 24.3 Å². The van der Waals surface area contributed by atoms with Gasteiger partial charge in [-0.15, -0.1) is 0 Å². The van der Waals surface area contributed by atoms with Crippen molar-refractivity contribution in [1.29, 1.82) is 0 Å². The van der Waals surface area contributed by atoms with Crippen molar-refractivity contribution in [3.8, 4) is 11.6 Å². The van der Waals surface area contributed by atoms with Gasteiger partial charge >= 0.3 is 0 Å². The van der Waals surface area contributed by atoms with Crippen LogP contribution >= 0.6 is 11.6 Å². The minimum atomic E-state index is 0.533. The van der Waals surface area contributed by atoms with Crippen LogP contribution in [0.5, 0.6) is 11.6 Å². The summed E-state index contributed by atoms with van der Waals surface area (Å²) in [7, 11) is 0. The summed E-state index contributed by atoms with van der Waals surface area (Å²) >= 11 is 6.02. The topological polar surface area (TPSA) is 47.0 Å². The van der Waals surface area contributed by atoms with E-state index in [1.807, 2.05) is 32.0 Å². The lowest BCUT2D eigenvalue weighted by atomic mass is 10.2. The normalized spacial score (nSPS) is 10.5. The van der Waals surface area contributed by atoms with Gasteiger partial charge in [-0.2, -0.15) is 4.98 Å². The smallest absolute Gasteiger partial charge is 0.224 e. The van der Waals surface area contributed by atoms with Gasteiger partial charge in [0.05, 0.1) is 0 Å². The number of hydrogen-bond acceptors (Lipinski definition) is 4. The lowest BCUT2D eigenvalue weighted by Gasteiger charge is -2.11. The minimum Gasteiger partial charge on any atom is -0.439 e. The predicted octanol–water partition coefficient (Wildman–Crippen LogP) is 4.62. The molecule has 1 aromatic carbocycles. The summed E-state index contributed by atoms with van der Waals surface area (Å²) in [5, 5.41) is 3.91. The van der Waals surface area contributed by atoms with Crippen LogP contribution in [-0.2, 0) is 6.42 Å². The zero-order chi connectivity index (χ0) is 15.2. The number of halogens is 1. The number of aromatic nitrogens is 2. The van der Waals surface area contributed by atoms with Crippen molar-refractivity contribution in [3.63, 3.8) is 0 Å². The fourth-order valence-electron chi connectivity index (χ4n) is 1.82. The first-order chi connectivity index (χ1) is 10.1. The first kappa shape index (κ1) is 15.6. The lowest BCUT2D eigenvalue weighted by molar-refractivity contribution is 0.456. The van der Waals surface area contributed by atoms with Gasteiger partial charge in [-0.3, -0.25) is 0 Å². The summed E-state index contributed by atoms with van der Waals surface area (Å²) in [6, 6.07) is 7.38. The maximum absolute atomic E-state index is 6.02. The molecule has 2 aromatic rings. The van der Waals surface area contributed by atoms with Gasteiger partial charge in [0.2, 0.25) is 5.88 Å². The highest BCUT2D eigenvalue weighted by Crippen LogP contribution is 2.28. The Morgan fingerprint density at radius 1 is 1.19 bits per heavy atom. The van der Waals surface area contributed by atoms with Crippen LogP contribution in [0.2, 0.25) is 5.02 Å². The highest BCUT2D eigenvalue weighted by molar-refractivity contribution is 6.30. The summed E-state index contributed by atoms with van der Waals surface area (Å²) in [6.45, 7) is 6.98. The van der Waals surface area contributed by atoms with Crippen LogP contribution in [-0.4, -0.2) is 16.5 Å². The van der Waals surface area contributed by atoms with Crippen molar-refractivity contribution in [2.45, 2.75) is 33.6 Å². The van der Waals surface area contributed by atoms with Gasteiger partial charge < -0.3 is 10.1 Å². The Morgan fingerprint density at radius 3 is 2.71 bits per heavy atom. The number of aryl methyl sites for hydroxylation is 2. The standard InChI is InChI=1S/C16H20ClN3O/c1-4-8-18-15-10-16(20-14(5-2)19-15)21-13-9-12(17)7-6-11(13)3/h6-7,9-10H,4-5,8H2,1-3H3,(H,18,19,20). The Morgan fingerprint density at radius 2 is 2.00 bits per heavy atom. The number of ether oxygens (including phenoxy) is 1. The van der Waals surface area contributed by atoms with Gasteiger partial charge in [-0.25, -0.2) is 4.98 Å². The Balaban J connectivity index is 2.27. The SMILES string of the molecule is CCCNc1cc(Oc2cc(Cl)ccc2C)nc(CC)n1. The monoisotopic (exact) mass is 305 g/mol. The molecule has 0 atom stereocenters. The number of rotatable bonds is 6. The van der Waals surface area contributed by atoms with Crippen molar-refractivity contribution in [2.24, 2.45) is 0 Å². The molecule has 0 aliphatic rings. The maximum Gasteiger partial charge on any atom is 0.224 e. The lowest BCUT2D eigenvalue weighted by Crippen LogP contribution is -2.05. The van der Waals surface area contributed by atoms with E-state index in [0.717, 1.165) is 36.6 Å². The van der Waals surface area contributed by atoms with Crippen LogP contribution in [0.3, 0.4) is 0 Å². The van der Waals surface area contributed by atoms with E-state index in [9.17, 15) is 0 Å². The molecular weight excluding hydrogens is 286 g/mol. The third kappa shape index (κ3) is 4.33. The second-order valence-electron chi connectivity index (χ2n) is 4.80. The molecule has 2 rings (SSSR count). The number of benzene rings is 1. The quantitative estimate of drug-likeness (QED) is 0.846. The molecule has 112 valence electrons. The van der Waals surface area contributed by atoms with E-state index in [0.29, 0.717) is 16.7 Å². The molecule has 0 bridgehead atoms. The molecule has 0 unspecified atom stereocenters. The summed E-state index contributed by atoms with van der Waals surface area (Å²) in [6.07, 6.45) is 1.79. The number of nitrogens with zero attached hydrogens (tertiary/aromatic N) is 2. The van der Waals surface area contributed by atoms with E-state index < -0.39 is 0 Å². The summed E-state index contributed by atoms with van der Waals surface area (Å²) in [5.41, 5.74) is 1.01. The van der Waals surface area contributed by atoms with Gasteiger partial charge in [0.1, 0.15) is 17.4 Å². The average molecular weight is 306 g/mol. The van der Waals surface area contributed by atoms with E-state index in [1.165, 1.54) is 0 Å². The fraction of sp³-hybridized carbons (Fsp3) is 0.375. The molecule has 1 heterocycles. The van der Waals surface area contributed by atoms with Gasteiger partial charge in [0.15, 0.2) is 0 Å². The Bertz CT molecular complexity index is 616. The minimum absolute atomic E-state index is 0.533. The van der Waals surface area contributed by atoms with Crippen molar-refractivity contribution >= 4 is 17.4 Å². The summed E-state index contributed by atoms with van der Waals surface area (Å²) in [5.74, 6) is 2.79. The van der Waals surface area contributed by atoms with Crippen molar-refractivity contribution in [2.75, 3.05) is 11.9 Å². The highest BCUT2D eigenvalue weighted by Gasteiger charge is 2.08. The van der Waals surface area contributed by atoms with Gasteiger partial charge in [0, 0.05) is 24.1 Å². The molecular formula is C16H20ClN3O. The van der Waals surface area contributed by atoms with E-state index >= 15 is 0 Å². The molecule has 1 aromatic heterocycles. The summed E-state index contributed by atoms with van der Waals surface area (Å²) < 4.78 is 5.88. The third-order valence-electron chi connectivity index (χ3n) is 2.99. The number of nitrogens with one attached hydrogen (secondary N) is 1. The molecule has 0 fully saturated rings. The van der Waals surface area contributed by atoms with Crippen LogP contribution in [0.4, 0.5) is 5.82 Å². The Labute approximate surface area is 130 Å². The first-order valence-corrected chi connectivity index (χ1v) is 7.56. The average Bonchev–Trinajstić information content (AvgIpc) is 2.48. The molecule has 0 aliphatic heterocycles. The van der Waals surface area contributed by atoms with Crippen molar-refractivity contribution in [3.05, 3.63) is 40.7 Å². The molecule has 0 aliphatic carbocycles. The Hall–Kier alpha value is -1.81. The molecule has 0 radical (unpaired) electrons. The molecule has 5 heteroatoms. The number of hydrogen-bond donors (Lipinski definition) is 1. The molecule has 0 saturated heterocycles. The zero-order valence-corrected chi connectivity index (χ0v) is 13.4. The molecule has 0 spiro atoms. The molecule has 4 nitrogen and oxygen atoms in total. The zero-order valence-electron chi connectivity index (χ0n) is 12.6. The van der Waals surface area contributed by atoms with Crippen LogP contribution in [0, 0.1) is 6.92 Å². The van der Waals surface area contributed by atoms with E-state index in [1.54, 1.807) is 6.07 Å². The summed E-state index contributed by atoms with van der Waals surface area (Å²) in [4.78, 5) is 8.85. The maximum atomic E-state index is 6.02. The van der Waals surface area contributed by atoms with Crippen molar-refractivity contribution in [1.82, 2.24) is 9.97 Å². The van der Waals surface area contributed by atoms with E-state index in [4.69, 9.17) is 16.3 Å². The molecule has 0 amide bonds. The second-order valence-corrected chi connectivity index (χ2v) is 5.24. The largest absolute Gasteiger partial charge is 0.439 e. The number of anilines is 1. The van der Waals surface area contributed by atoms with E-state index in [-0.39, 0.29) is 0 Å². The van der Waals surface area contributed by atoms with Gasteiger partial charge in [-0.05, 0) is 31.0 Å². The highest BCUT2D eigenvalue weighted by atomic mass is 35.5. The first-order valence-electron chi connectivity index (χ1n) is 7.18. The van der Waals surface area contributed by atoms with Crippen LogP contribution in [0.25, 0.3) is 0 Å². The van der Waals surface area contributed by atoms with Gasteiger partial charge in [-0.1, -0.05) is 31.5 Å². The molecule has 0 saturated carbocycles. The van der Waals surface area contributed by atoms with E-state index in [2.05, 4.69) is 22.2 Å². The third-order valence-corrected chi connectivity index (χ3v) is 3.22. The predicted molar refractivity (Wildman–Crippen MR) is 86.5 cm³/mol. The second kappa shape index (κ2) is 7.27.